The second-order valence-corrected chi connectivity index (χ2v) is 9.59. The van der Waals surface area contributed by atoms with Crippen LogP contribution in [0.15, 0.2) is 24.3 Å². The zero-order valence-electron chi connectivity index (χ0n) is 18.5. The van der Waals surface area contributed by atoms with Crippen molar-refractivity contribution in [1.29, 1.82) is 0 Å². The predicted octanol–water partition coefficient (Wildman–Crippen LogP) is 3.89. The zero-order chi connectivity index (χ0) is 21.0. The molecule has 1 saturated carbocycles. The fourth-order valence-corrected chi connectivity index (χ4v) is 4.63. The van der Waals surface area contributed by atoms with Gasteiger partial charge in [0.1, 0.15) is 0 Å². The number of para-hydroxylation sites is 1. The number of carbonyl (C=O) groups is 2. The number of likely N-dealkylation sites (N-methyl/N-ethyl adjacent to an activating group) is 1. The summed E-state index contributed by atoms with van der Waals surface area (Å²) in [5, 5.41) is 3.17. The molecule has 0 radical (unpaired) electrons. The van der Waals surface area contributed by atoms with Gasteiger partial charge in [0.15, 0.2) is 0 Å². The molecule has 0 bridgehead atoms. The number of anilines is 1. The molecule has 2 amide bonds. The van der Waals surface area contributed by atoms with Crippen LogP contribution in [-0.2, 0) is 15.0 Å². The van der Waals surface area contributed by atoms with Crippen LogP contribution in [0.3, 0.4) is 0 Å². The van der Waals surface area contributed by atoms with Crippen molar-refractivity contribution < 1.29 is 9.59 Å². The second-order valence-electron chi connectivity index (χ2n) is 9.59. The summed E-state index contributed by atoms with van der Waals surface area (Å²) in [5.41, 5.74) is 2.05. The summed E-state index contributed by atoms with van der Waals surface area (Å²) in [6.45, 7) is 13.4. The van der Waals surface area contributed by atoms with Crippen molar-refractivity contribution in [2.75, 3.05) is 38.0 Å². The monoisotopic (exact) mass is 399 g/mol. The van der Waals surface area contributed by atoms with Gasteiger partial charge < -0.3 is 15.1 Å². The van der Waals surface area contributed by atoms with E-state index >= 15 is 0 Å². The Morgan fingerprint density at radius 2 is 1.55 bits per heavy atom. The van der Waals surface area contributed by atoms with Crippen LogP contribution in [0.5, 0.6) is 0 Å². The number of nitrogens with one attached hydrogen (secondary N) is 1. The minimum atomic E-state index is -0.0181. The third-order valence-electron chi connectivity index (χ3n) is 6.57. The van der Waals surface area contributed by atoms with E-state index in [0.717, 1.165) is 69.7 Å². The molecule has 2 aliphatic rings. The maximum Gasteiger partial charge on any atom is 0.227 e. The lowest BCUT2D eigenvalue weighted by Gasteiger charge is -2.37. The first-order valence-electron chi connectivity index (χ1n) is 11.2. The molecular weight excluding hydrogens is 362 g/mol. The molecule has 1 aromatic rings. The summed E-state index contributed by atoms with van der Waals surface area (Å²) in [7, 11) is 0. The predicted molar refractivity (Wildman–Crippen MR) is 118 cm³/mol. The lowest BCUT2D eigenvalue weighted by atomic mass is 9.80. The summed E-state index contributed by atoms with van der Waals surface area (Å²) in [6.07, 6.45) is 3.25. The standard InChI is InChI=1S/C24H37N3O2/c1-5-26-14-16-27(17-15-26)23(29)19-12-10-18(11-13-19)22(28)25-21-9-7-6-8-20(21)24(2,3)4/h6-9,18-19H,5,10-17H2,1-4H3,(H,25,28). The van der Waals surface area contributed by atoms with Crippen LogP contribution in [0.1, 0.15) is 58.9 Å². The first-order chi connectivity index (χ1) is 13.8. The maximum atomic E-state index is 12.9. The van der Waals surface area contributed by atoms with Crippen molar-refractivity contribution in [3.63, 3.8) is 0 Å². The fraction of sp³-hybridized carbons (Fsp3) is 0.667. The van der Waals surface area contributed by atoms with Gasteiger partial charge in [0.2, 0.25) is 11.8 Å². The van der Waals surface area contributed by atoms with Gasteiger partial charge in [-0.2, -0.15) is 0 Å². The van der Waals surface area contributed by atoms with Gasteiger partial charge in [-0.3, -0.25) is 9.59 Å². The van der Waals surface area contributed by atoms with E-state index in [9.17, 15) is 9.59 Å². The van der Waals surface area contributed by atoms with Crippen LogP contribution in [-0.4, -0.2) is 54.3 Å². The number of piperazine rings is 1. The van der Waals surface area contributed by atoms with Gasteiger partial charge in [0.05, 0.1) is 0 Å². The number of amides is 2. The molecule has 1 N–H and O–H groups in total. The molecule has 1 aromatic carbocycles. The van der Waals surface area contributed by atoms with Crippen molar-refractivity contribution in [3.8, 4) is 0 Å². The summed E-state index contributed by atoms with van der Waals surface area (Å²) >= 11 is 0. The molecule has 160 valence electrons. The fourth-order valence-electron chi connectivity index (χ4n) is 4.63. The minimum absolute atomic E-state index is 0.00372. The molecule has 3 rings (SSSR count). The Morgan fingerprint density at radius 1 is 0.966 bits per heavy atom. The molecule has 2 fully saturated rings. The van der Waals surface area contributed by atoms with Crippen molar-refractivity contribution >= 4 is 17.5 Å². The molecule has 0 atom stereocenters. The Hall–Kier alpha value is -1.88. The van der Waals surface area contributed by atoms with Gasteiger partial charge in [0.25, 0.3) is 0 Å². The van der Waals surface area contributed by atoms with Gasteiger partial charge in [0, 0.05) is 43.7 Å². The third kappa shape index (κ3) is 5.39. The molecule has 0 unspecified atom stereocenters. The Labute approximate surface area is 175 Å². The topological polar surface area (TPSA) is 52.7 Å². The number of hydrogen-bond acceptors (Lipinski definition) is 3. The number of carbonyl (C=O) groups excluding carboxylic acids is 2. The lowest BCUT2D eigenvalue weighted by Crippen LogP contribution is -2.50. The smallest absolute Gasteiger partial charge is 0.227 e. The van der Waals surface area contributed by atoms with Gasteiger partial charge in [-0.25, -0.2) is 0 Å². The van der Waals surface area contributed by atoms with Gasteiger partial charge in [-0.1, -0.05) is 45.9 Å². The van der Waals surface area contributed by atoms with Gasteiger partial charge in [-0.05, 0) is 49.3 Å². The third-order valence-corrected chi connectivity index (χ3v) is 6.57. The van der Waals surface area contributed by atoms with E-state index in [1.807, 2.05) is 23.1 Å². The summed E-state index contributed by atoms with van der Waals surface area (Å²) < 4.78 is 0. The summed E-state index contributed by atoms with van der Waals surface area (Å²) in [4.78, 5) is 30.2. The molecule has 5 heteroatoms. The van der Waals surface area contributed by atoms with Crippen LogP contribution in [0, 0.1) is 11.8 Å². The van der Waals surface area contributed by atoms with Crippen molar-refractivity contribution in [2.24, 2.45) is 11.8 Å². The maximum absolute atomic E-state index is 12.9. The SMILES string of the molecule is CCN1CCN(C(=O)C2CCC(C(=O)Nc3ccccc3C(C)(C)C)CC2)CC1. The van der Waals surface area contributed by atoms with Gasteiger partial charge in [-0.15, -0.1) is 0 Å². The first-order valence-corrected chi connectivity index (χ1v) is 11.2. The second kappa shape index (κ2) is 9.29. The Balaban J connectivity index is 1.52. The summed E-state index contributed by atoms with van der Waals surface area (Å²) in [6, 6.07) is 8.07. The molecular formula is C24H37N3O2. The van der Waals surface area contributed by atoms with Crippen LogP contribution in [0.25, 0.3) is 0 Å². The average molecular weight is 400 g/mol. The molecule has 29 heavy (non-hydrogen) atoms. The van der Waals surface area contributed by atoms with Crippen molar-refractivity contribution in [3.05, 3.63) is 29.8 Å². The normalized spacial score (nSPS) is 23.7. The quantitative estimate of drug-likeness (QED) is 0.836. The van der Waals surface area contributed by atoms with Crippen LogP contribution in [0.4, 0.5) is 5.69 Å². The molecule has 5 nitrogen and oxygen atoms in total. The number of rotatable bonds is 4. The van der Waals surface area contributed by atoms with Crippen molar-refractivity contribution in [2.45, 2.75) is 58.8 Å². The van der Waals surface area contributed by atoms with Crippen LogP contribution >= 0.6 is 0 Å². The molecule has 0 aromatic heterocycles. The van der Waals surface area contributed by atoms with E-state index in [2.05, 4.69) is 44.0 Å². The van der Waals surface area contributed by atoms with E-state index < -0.39 is 0 Å². The Bertz CT molecular complexity index is 709. The molecule has 1 heterocycles. The lowest BCUT2D eigenvalue weighted by molar-refractivity contribution is -0.139. The van der Waals surface area contributed by atoms with E-state index in [1.54, 1.807) is 0 Å². The Morgan fingerprint density at radius 3 is 2.14 bits per heavy atom. The highest BCUT2D eigenvalue weighted by Crippen LogP contribution is 2.33. The Kier molecular flexibility index (Phi) is 6.99. The van der Waals surface area contributed by atoms with Gasteiger partial charge >= 0.3 is 0 Å². The minimum Gasteiger partial charge on any atom is -0.340 e. The highest BCUT2D eigenvalue weighted by Gasteiger charge is 2.33. The van der Waals surface area contributed by atoms with Crippen LogP contribution in [0.2, 0.25) is 0 Å². The molecule has 1 saturated heterocycles. The number of nitrogens with zero attached hydrogens (tertiary/aromatic N) is 2. The molecule has 0 spiro atoms. The van der Waals surface area contributed by atoms with E-state index in [0.29, 0.717) is 5.91 Å². The number of hydrogen-bond donors (Lipinski definition) is 1. The van der Waals surface area contributed by atoms with Crippen molar-refractivity contribution in [1.82, 2.24) is 9.80 Å². The largest absolute Gasteiger partial charge is 0.340 e. The van der Waals surface area contributed by atoms with Crippen LogP contribution < -0.4 is 5.32 Å². The van der Waals surface area contributed by atoms with E-state index in [1.165, 1.54) is 0 Å². The highest BCUT2D eigenvalue weighted by atomic mass is 16.2. The zero-order valence-corrected chi connectivity index (χ0v) is 18.5. The summed E-state index contributed by atoms with van der Waals surface area (Å²) in [5.74, 6) is 0.500. The molecule has 1 aliphatic heterocycles. The molecule has 1 aliphatic carbocycles. The van der Waals surface area contributed by atoms with E-state index in [-0.39, 0.29) is 23.2 Å². The van der Waals surface area contributed by atoms with E-state index in [4.69, 9.17) is 0 Å². The highest BCUT2D eigenvalue weighted by molar-refractivity contribution is 5.93. The first kappa shape index (κ1) is 21.8. The number of benzene rings is 1. The average Bonchev–Trinajstić information content (AvgIpc) is 2.73.